The molecule has 2 amide bonds. The second-order valence-corrected chi connectivity index (χ2v) is 6.77. The van der Waals surface area contributed by atoms with Crippen LogP contribution in [0.1, 0.15) is 20.3 Å². The molecular weight excluding hydrogens is 300 g/mol. The lowest BCUT2D eigenvalue weighted by molar-refractivity contribution is -0.145. The highest BCUT2D eigenvalue weighted by Gasteiger charge is 2.48. The molecule has 20 heavy (non-hydrogen) atoms. The number of amides is 2. The Morgan fingerprint density at radius 3 is 2.60 bits per heavy atom. The molecule has 2 heterocycles. The molecule has 2 rings (SSSR count). The predicted octanol–water partition coefficient (Wildman–Crippen LogP) is 1.15. The Hall–Kier alpha value is -1.15. The number of rotatable bonds is 6. The molecule has 0 bridgehead atoms. The number of hydrogen-bond acceptors (Lipinski definition) is 5. The van der Waals surface area contributed by atoms with Gasteiger partial charge in [0.1, 0.15) is 0 Å². The minimum absolute atomic E-state index is 0.0154. The summed E-state index contributed by atoms with van der Waals surface area (Å²) in [6, 6.07) is 0. The summed E-state index contributed by atoms with van der Waals surface area (Å²) in [5, 5.41) is 9.12. The van der Waals surface area contributed by atoms with E-state index in [0.29, 0.717) is 23.7 Å². The van der Waals surface area contributed by atoms with Crippen LogP contribution in [0.5, 0.6) is 0 Å². The summed E-state index contributed by atoms with van der Waals surface area (Å²) in [5.41, 5.74) is 0.0357. The Morgan fingerprint density at radius 1 is 1.45 bits per heavy atom. The fourth-order valence-electron chi connectivity index (χ4n) is 2.12. The van der Waals surface area contributed by atoms with E-state index in [0.717, 1.165) is 0 Å². The number of carbonyl (C=O) groups excluding carboxylic acids is 2. The van der Waals surface area contributed by atoms with Gasteiger partial charge in [-0.2, -0.15) is 0 Å². The van der Waals surface area contributed by atoms with Crippen molar-refractivity contribution in [1.82, 2.24) is 9.80 Å². The third kappa shape index (κ3) is 2.67. The Morgan fingerprint density at radius 2 is 2.10 bits per heavy atom. The van der Waals surface area contributed by atoms with Crippen molar-refractivity contribution in [2.45, 2.75) is 25.6 Å². The number of nitrogens with zero attached hydrogens (tertiary/aromatic N) is 2. The highest BCUT2D eigenvalue weighted by molar-refractivity contribution is 8.23. The number of hydrogen-bond donors (Lipinski definition) is 1. The zero-order valence-electron chi connectivity index (χ0n) is 11.3. The van der Waals surface area contributed by atoms with Gasteiger partial charge in [-0.25, -0.2) is 4.79 Å². The normalized spacial score (nSPS) is 20.8. The van der Waals surface area contributed by atoms with Crippen LogP contribution in [0.25, 0.3) is 0 Å². The molecule has 2 aliphatic rings. The summed E-state index contributed by atoms with van der Waals surface area (Å²) in [7, 11) is 0. The van der Waals surface area contributed by atoms with Gasteiger partial charge in [0.05, 0.1) is 21.8 Å². The smallest absolute Gasteiger partial charge is 0.354 e. The first kappa shape index (κ1) is 15.2. The molecule has 0 radical (unpaired) electrons. The minimum atomic E-state index is -1.11. The molecule has 1 saturated heterocycles. The molecule has 1 fully saturated rings. The number of carbonyl (C=O) groups is 3. The standard InChI is InChI=1S/C12H16N2O4S2/c1-3-13(4-2)8(16)6-19-12-10(11(17)18)14-7(15)5-9(14)20-12/h9H,3-6H2,1-2H3,(H,17,18)/t9-/m1/s1. The van der Waals surface area contributed by atoms with Crippen molar-refractivity contribution in [3.8, 4) is 0 Å². The molecular formula is C12H16N2O4S2. The largest absolute Gasteiger partial charge is 0.477 e. The van der Waals surface area contributed by atoms with E-state index < -0.39 is 5.97 Å². The lowest BCUT2D eigenvalue weighted by Crippen LogP contribution is -2.48. The maximum absolute atomic E-state index is 11.9. The predicted molar refractivity (Wildman–Crippen MR) is 77.9 cm³/mol. The number of β-lactam (4-membered cyclic amide) rings is 1. The van der Waals surface area contributed by atoms with E-state index in [1.165, 1.54) is 28.4 Å². The van der Waals surface area contributed by atoms with Gasteiger partial charge in [-0.1, -0.05) is 11.8 Å². The van der Waals surface area contributed by atoms with Crippen LogP contribution in [-0.2, 0) is 14.4 Å². The van der Waals surface area contributed by atoms with Crippen LogP contribution in [0.4, 0.5) is 0 Å². The van der Waals surface area contributed by atoms with Crippen molar-refractivity contribution < 1.29 is 19.5 Å². The quantitative estimate of drug-likeness (QED) is 0.741. The first-order chi connectivity index (χ1) is 9.49. The molecule has 1 N–H and O–H groups in total. The van der Waals surface area contributed by atoms with E-state index in [4.69, 9.17) is 0 Å². The molecule has 8 heteroatoms. The SMILES string of the molecule is CCN(CC)C(=O)CSC1=C(C(=O)O)N2C(=O)C[C@H]2S1. The summed E-state index contributed by atoms with van der Waals surface area (Å²) in [6.07, 6.45) is 0.371. The number of aliphatic carboxylic acids is 1. The van der Waals surface area contributed by atoms with Gasteiger partial charge in [0.15, 0.2) is 5.70 Å². The molecule has 0 spiro atoms. The first-order valence-electron chi connectivity index (χ1n) is 6.36. The van der Waals surface area contributed by atoms with Crippen molar-refractivity contribution in [1.29, 1.82) is 0 Å². The van der Waals surface area contributed by atoms with Gasteiger partial charge >= 0.3 is 5.97 Å². The molecule has 1 atom stereocenters. The zero-order chi connectivity index (χ0) is 14.9. The van der Waals surface area contributed by atoms with Crippen LogP contribution >= 0.6 is 23.5 Å². The van der Waals surface area contributed by atoms with Gasteiger partial charge in [-0.15, -0.1) is 11.8 Å². The molecule has 0 saturated carbocycles. The Bertz CT molecular complexity index is 488. The number of carboxylic acids is 1. The molecule has 0 aliphatic carbocycles. The minimum Gasteiger partial charge on any atom is -0.477 e. The van der Waals surface area contributed by atoms with Crippen LogP contribution < -0.4 is 0 Å². The summed E-state index contributed by atoms with van der Waals surface area (Å²) >= 11 is 2.58. The van der Waals surface area contributed by atoms with Crippen molar-refractivity contribution in [2.24, 2.45) is 0 Å². The molecule has 2 aliphatic heterocycles. The van der Waals surface area contributed by atoms with E-state index >= 15 is 0 Å². The molecule has 0 aromatic heterocycles. The van der Waals surface area contributed by atoms with Crippen LogP contribution in [0.15, 0.2) is 9.93 Å². The monoisotopic (exact) mass is 316 g/mol. The van der Waals surface area contributed by atoms with Gasteiger partial charge in [0, 0.05) is 13.1 Å². The third-order valence-electron chi connectivity index (χ3n) is 3.23. The molecule has 6 nitrogen and oxygen atoms in total. The van der Waals surface area contributed by atoms with Crippen molar-refractivity contribution in [3.05, 3.63) is 9.93 Å². The Balaban J connectivity index is 2.04. The molecule has 0 aromatic carbocycles. The fraction of sp³-hybridized carbons (Fsp3) is 0.583. The molecule has 0 unspecified atom stereocenters. The maximum atomic E-state index is 11.9. The lowest BCUT2D eigenvalue weighted by Gasteiger charge is -2.33. The molecule has 0 aromatic rings. The van der Waals surface area contributed by atoms with E-state index in [-0.39, 0.29) is 28.6 Å². The van der Waals surface area contributed by atoms with E-state index in [1.54, 1.807) is 4.90 Å². The maximum Gasteiger partial charge on any atom is 0.354 e. The zero-order valence-corrected chi connectivity index (χ0v) is 12.9. The van der Waals surface area contributed by atoms with Crippen LogP contribution in [0.2, 0.25) is 0 Å². The van der Waals surface area contributed by atoms with Gasteiger partial charge in [0.25, 0.3) is 0 Å². The average molecular weight is 316 g/mol. The lowest BCUT2D eigenvalue weighted by atomic mass is 10.2. The van der Waals surface area contributed by atoms with E-state index in [2.05, 4.69) is 0 Å². The third-order valence-corrected chi connectivity index (χ3v) is 5.77. The highest BCUT2D eigenvalue weighted by Crippen LogP contribution is 2.50. The molecule has 110 valence electrons. The Labute approximate surface area is 125 Å². The van der Waals surface area contributed by atoms with Crippen LogP contribution in [0.3, 0.4) is 0 Å². The van der Waals surface area contributed by atoms with Gasteiger partial charge in [-0.3, -0.25) is 14.5 Å². The van der Waals surface area contributed by atoms with Crippen LogP contribution in [-0.4, -0.2) is 56.9 Å². The summed E-state index contributed by atoms with van der Waals surface area (Å²) in [5.74, 6) is -1.08. The van der Waals surface area contributed by atoms with Gasteiger partial charge in [0.2, 0.25) is 11.8 Å². The summed E-state index contributed by atoms with van der Waals surface area (Å²) in [4.78, 5) is 37.7. The van der Waals surface area contributed by atoms with Crippen molar-refractivity contribution in [2.75, 3.05) is 18.8 Å². The second-order valence-electron chi connectivity index (χ2n) is 4.34. The van der Waals surface area contributed by atoms with E-state index in [1.807, 2.05) is 13.8 Å². The fourth-order valence-corrected chi connectivity index (χ4v) is 4.76. The summed E-state index contributed by atoms with van der Waals surface area (Å²) < 4.78 is 0.564. The first-order valence-corrected chi connectivity index (χ1v) is 8.22. The van der Waals surface area contributed by atoms with Gasteiger partial charge < -0.3 is 10.0 Å². The number of thioether (sulfide) groups is 2. The van der Waals surface area contributed by atoms with Crippen LogP contribution in [0, 0.1) is 0 Å². The van der Waals surface area contributed by atoms with E-state index in [9.17, 15) is 19.5 Å². The average Bonchev–Trinajstić information content (AvgIpc) is 2.70. The Kier molecular flexibility index (Phi) is 4.64. The van der Waals surface area contributed by atoms with Crippen molar-refractivity contribution in [3.63, 3.8) is 0 Å². The second kappa shape index (κ2) is 6.09. The van der Waals surface area contributed by atoms with Gasteiger partial charge in [-0.05, 0) is 13.8 Å². The topological polar surface area (TPSA) is 77.9 Å². The number of carboxylic acid groups (broad SMARTS) is 1. The highest BCUT2D eigenvalue weighted by atomic mass is 32.2. The van der Waals surface area contributed by atoms with Crippen molar-refractivity contribution >= 4 is 41.3 Å². The number of fused-ring (bicyclic) bond motifs is 1. The summed E-state index contributed by atoms with van der Waals surface area (Å²) in [6.45, 7) is 5.09.